The Morgan fingerprint density at radius 2 is 1.86 bits per heavy atom. The van der Waals surface area contributed by atoms with Gasteiger partial charge in [-0.2, -0.15) is 0 Å². The van der Waals surface area contributed by atoms with E-state index >= 15 is 0 Å². The lowest BCUT2D eigenvalue weighted by atomic mass is 10.1. The van der Waals surface area contributed by atoms with E-state index in [-0.39, 0.29) is 24.1 Å². The number of amides is 1. The summed E-state index contributed by atoms with van der Waals surface area (Å²) < 4.78 is 43.5. The summed E-state index contributed by atoms with van der Waals surface area (Å²) in [5.74, 6) is 0.294. The molecule has 1 amide bonds. The second-order valence-corrected chi connectivity index (χ2v) is 10.9. The highest BCUT2D eigenvalue weighted by molar-refractivity contribution is 5.77. The van der Waals surface area contributed by atoms with E-state index in [2.05, 4.69) is 68.2 Å². The van der Waals surface area contributed by atoms with Crippen LogP contribution < -0.4 is 15.0 Å². The third kappa shape index (κ3) is 7.20. The fraction of sp³-hybridized carbons (Fsp3) is 0.387. The summed E-state index contributed by atoms with van der Waals surface area (Å²) in [7, 11) is 4.24. The molecule has 0 aliphatic carbocycles. The number of hydrogen-bond acceptors (Lipinski definition) is 6. The molecule has 1 aliphatic heterocycles. The first-order valence-electron chi connectivity index (χ1n) is 14.0. The zero-order valence-corrected chi connectivity index (χ0v) is 23.9. The summed E-state index contributed by atoms with van der Waals surface area (Å²) in [6.07, 6.45) is -1.33. The Labute approximate surface area is 243 Å². The first-order chi connectivity index (χ1) is 20.1. The molecule has 2 aromatic heterocycles. The number of imidazole rings is 1. The average molecular weight is 581 g/mol. The smallest absolute Gasteiger partial charge is 0.406 e. The third-order valence-electron chi connectivity index (χ3n) is 7.69. The lowest BCUT2D eigenvalue weighted by molar-refractivity contribution is -0.274. The van der Waals surface area contributed by atoms with E-state index < -0.39 is 6.36 Å². The van der Waals surface area contributed by atoms with E-state index in [1.54, 1.807) is 24.4 Å². The van der Waals surface area contributed by atoms with Crippen LogP contribution >= 0.6 is 0 Å². The SMILES string of the molecule is CC(NC(=O)CCc1nc2cccnc2n1Cc1ccc(OC(F)(F)F)cc1)c1ccc(N2CC[C@@H](N(C)C)C2)cc1. The molecule has 0 bridgehead atoms. The van der Waals surface area contributed by atoms with Crippen LogP contribution in [0.2, 0.25) is 0 Å². The molecule has 11 heteroatoms. The molecule has 0 saturated carbocycles. The molecule has 0 radical (unpaired) electrons. The van der Waals surface area contributed by atoms with Gasteiger partial charge in [0.2, 0.25) is 5.91 Å². The quantitative estimate of drug-likeness (QED) is 0.274. The van der Waals surface area contributed by atoms with Crippen molar-refractivity contribution in [3.8, 4) is 5.75 Å². The number of carbonyl (C=O) groups excluding carboxylic acids is 1. The molecule has 1 fully saturated rings. The van der Waals surface area contributed by atoms with Gasteiger partial charge >= 0.3 is 6.36 Å². The standard InChI is InChI=1S/C31H35F3N6O2/c1-21(23-8-10-24(11-9-23)39-18-16-25(20-39)38(2)3)36-29(41)15-14-28-37-27-5-4-17-35-30(27)40(28)19-22-6-12-26(13-7-22)42-31(32,33)34/h4-13,17,21,25H,14-16,18-20H2,1-3H3,(H,36,41)/t21?,25-/m1/s1. The van der Waals surface area contributed by atoms with Crippen LogP contribution in [0.3, 0.4) is 0 Å². The van der Waals surface area contributed by atoms with Crippen molar-refractivity contribution in [3.63, 3.8) is 0 Å². The lowest BCUT2D eigenvalue weighted by Crippen LogP contribution is -2.31. The summed E-state index contributed by atoms with van der Waals surface area (Å²) in [6.45, 7) is 4.35. The molecule has 2 atom stereocenters. The largest absolute Gasteiger partial charge is 0.573 e. The van der Waals surface area contributed by atoms with Gasteiger partial charge in [0.1, 0.15) is 17.1 Å². The van der Waals surface area contributed by atoms with Crippen molar-refractivity contribution >= 4 is 22.8 Å². The number of rotatable bonds is 10. The van der Waals surface area contributed by atoms with Crippen LogP contribution in [0.15, 0.2) is 66.9 Å². The van der Waals surface area contributed by atoms with Crippen LogP contribution in [0, 0.1) is 0 Å². The molecule has 222 valence electrons. The number of aryl methyl sites for hydroxylation is 1. The number of nitrogens with one attached hydrogen (secondary N) is 1. The molecular weight excluding hydrogens is 545 g/mol. The first-order valence-corrected chi connectivity index (χ1v) is 14.0. The van der Waals surface area contributed by atoms with E-state index in [0.717, 1.165) is 30.6 Å². The van der Waals surface area contributed by atoms with Crippen LogP contribution in [0.1, 0.15) is 42.8 Å². The molecule has 8 nitrogen and oxygen atoms in total. The molecule has 1 aliphatic rings. The van der Waals surface area contributed by atoms with Gasteiger partial charge in [-0.1, -0.05) is 24.3 Å². The Bertz CT molecular complexity index is 1500. The number of ether oxygens (including phenoxy) is 1. The van der Waals surface area contributed by atoms with Crippen molar-refractivity contribution in [2.45, 2.75) is 51.2 Å². The Balaban J connectivity index is 1.20. The summed E-state index contributed by atoms with van der Waals surface area (Å²) in [6, 6.07) is 18.1. The first kappa shape index (κ1) is 29.4. The van der Waals surface area contributed by atoms with Crippen molar-refractivity contribution < 1.29 is 22.7 Å². The molecule has 4 aromatic rings. The zero-order chi connectivity index (χ0) is 29.9. The zero-order valence-electron chi connectivity index (χ0n) is 23.9. The number of aromatic nitrogens is 3. The summed E-state index contributed by atoms with van der Waals surface area (Å²) in [4.78, 5) is 26.7. The molecule has 1 unspecified atom stereocenters. The number of fused-ring (bicyclic) bond motifs is 1. The third-order valence-corrected chi connectivity index (χ3v) is 7.69. The van der Waals surface area contributed by atoms with Gasteiger partial charge in [-0.05, 0) is 75.0 Å². The number of benzene rings is 2. The minimum absolute atomic E-state index is 0.0971. The molecule has 2 aromatic carbocycles. The Morgan fingerprint density at radius 1 is 1.12 bits per heavy atom. The van der Waals surface area contributed by atoms with Gasteiger partial charge in [0.25, 0.3) is 0 Å². The predicted octanol–water partition coefficient (Wildman–Crippen LogP) is 5.33. The highest BCUT2D eigenvalue weighted by atomic mass is 19.4. The maximum atomic E-state index is 12.9. The predicted molar refractivity (Wildman–Crippen MR) is 155 cm³/mol. The van der Waals surface area contributed by atoms with Gasteiger partial charge in [-0.15, -0.1) is 13.2 Å². The van der Waals surface area contributed by atoms with Gasteiger partial charge < -0.3 is 24.4 Å². The van der Waals surface area contributed by atoms with E-state index in [4.69, 9.17) is 0 Å². The normalized spacial score (nSPS) is 16.3. The highest BCUT2D eigenvalue weighted by Gasteiger charge is 2.31. The van der Waals surface area contributed by atoms with Gasteiger partial charge in [0.05, 0.1) is 12.6 Å². The molecular formula is C31H35F3N6O2. The van der Waals surface area contributed by atoms with Crippen molar-refractivity contribution in [3.05, 3.63) is 83.8 Å². The van der Waals surface area contributed by atoms with E-state index in [9.17, 15) is 18.0 Å². The minimum Gasteiger partial charge on any atom is -0.406 e. The molecule has 5 rings (SSSR count). The molecule has 1 N–H and O–H groups in total. The summed E-state index contributed by atoms with van der Waals surface area (Å²) >= 11 is 0. The second kappa shape index (κ2) is 12.4. The monoisotopic (exact) mass is 580 g/mol. The highest BCUT2D eigenvalue weighted by Crippen LogP contribution is 2.26. The fourth-order valence-electron chi connectivity index (χ4n) is 5.34. The Kier molecular flexibility index (Phi) is 8.67. The van der Waals surface area contributed by atoms with Gasteiger partial charge in [0, 0.05) is 43.9 Å². The number of likely N-dealkylation sites (N-methyl/N-ethyl adjacent to an activating group) is 1. The average Bonchev–Trinajstić information content (AvgIpc) is 3.58. The topological polar surface area (TPSA) is 75.5 Å². The molecule has 0 spiro atoms. The van der Waals surface area contributed by atoms with Crippen molar-refractivity contribution in [1.82, 2.24) is 24.8 Å². The Hall–Kier alpha value is -4.12. The maximum absolute atomic E-state index is 12.9. The number of nitrogens with zero attached hydrogens (tertiary/aromatic N) is 5. The summed E-state index contributed by atoms with van der Waals surface area (Å²) in [5.41, 5.74) is 4.31. The van der Waals surface area contributed by atoms with Crippen LogP contribution in [0.4, 0.5) is 18.9 Å². The van der Waals surface area contributed by atoms with E-state index in [0.29, 0.717) is 36.0 Å². The summed E-state index contributed by atoms with van der Waals surface area (Å²) in [5, 5.41) is 3.09. The number of halogens is 3. The van der Waals surface area contributed by atoms with Crippen molar-refractivity contribution in [2.75, 3.05) is 32.1 Å². The molecule has 1 saturated heterocycles. The van der Waals surface area contributed by atoms with Crippen LogP contribution in [0.5, 0.6) is 5.75 Å². The second-order valence-electron chi connectivity index (χ2n) is 10.9. The lowest BCUT2D eigenvalue weighted by Gasteiger charge is -2.22. The van der Waals surface area contributed by atoms with Crippen LogP contribution in [-0.4, -0.2) is 64.9 Å². The fourth-order valence-corrected chi connectivity index (χ4v) is 5.34. The van der Waals surface area contributed by atoms with Gasteiger partial charge in [-0.3, -0.25) is 4.79 Å². The number of anilines is 1. The molecule has 3 heterocycles. The Morgan fingerprint density at radius 3 is 2.52 bits per heavy atom. The number of pyridine rings is 1. The van der Waals surface area contributed by atoms with Crippen molar-refractivity contribution in [2.24, 2.45) is 0 Å². The van der Waals surface area contributed by atoms with Gasteiger partial charge in [-0.25, -0.2) is 9.97 Å². The molecule has 42 heavy (non-hydrogen) atoms. The minimum atomic E-state index is -4.75. The maximum Gasteiger partial charge on any atom is 0.573 e. The van der Waals surface area contributed by atoms with Crippen LogP contribution in [0.25, 0.3) is 11.2 Å². The number of alkyl halides is 3. The van der Waals surface area contributed by atoms with Crippen molar-refractivity contribution in [1.29, 1.82) is 0 Å². The van der Waals surface area contributed by atoms with Gasteiger partial charge in [0.15, 0.2) is 5.65 Å². The number of hydrogen-bond donors (Lipinski definition) is 1. The van der Waals surface area contributed by atoms with E-state index in [1.165, 1.54) is 17.8 Å². The van der Waals surface area contributed by atoms with E-state index in [1.807, 2.05) is 17.6 Å². The van der Waals surface area contributed by atoms with Crippen LogP contribution in [-0.2, 0) is 17.8 Å². The number of carbonyl (C=O) groups is 1.